The Morgan fingerprint density at radius 1 is 1.34 bits per heavy atom. The van der Waals surface area contributed by atoms with Gasteiger partial charge in [0.05, 0.1) is 18.2 Å². The molecule has 9 nitrogen and oxygen atoms in total. The maximum atomic E-state index is 14.6. The quantitative estimate of drug-likeness (QED) is 0.546. The lowest BCUT2D eigenvalue weighted by Crippen LogP contribution is -2.28. The van der Waals surface area contributed by atoms with Crippen molar-refractivity contribution in [2.75, 3.05) is 13.7 Å². The number of aromatic nitrogens is 5. The number of fused-ring (bicyclic) bond motifs is 3. The highest BCUT2D eigenvalue weighted by Gasteiger charge is 2.29. The fourth-order valence-electron chi connectivity index (χ4n) is 3.21. The van der Waals surface area contributed by atoms with E-state index in [-0.39, 0.29) is 35.0 Å². The van der Waals surface area contributed by atoms with E-state index in [2.05, 4.69) is 15.1 Å². The summed E-state index contributed by atoms with van der Waals surface area (Å²) in [6.45, 7) is 4.83. The Hall–Kier alpha value is -3.11. The molecule has 0 radical (unpaired) electrons. The lowest BCUT2D eigenvalue weighted by Gasteiger charge is -2.17. The number of hydrogen-bond donors (Lipinski definition) is 1. The zero-order valence-corrected chi connectivity index (χ0v) is 16.4. The summed E-state index contributed by atoms with van der Waals surface area (Å²) in [6, 6.07) is 3.84. The van der Waals surface area contributed by atoms with Crippen LogP contribution in [0.15, 0.2) is 33.8 Å². The van der Waals surface area contributed by atoms with Crippen LogP contribution < -0.4 is 5.56 Å². The van der Waals surface area contributed by atoms with Crippen LogP contribution in [0.1, 0.15) is 32.7 Å². The van der Waals surface area contributed by atoms with Gasteiger partial charge in [0, 0.05) is 7.11 Å². The van der Waals surface area contributed by atoms with Gasteiger partial charge in [-0.25, -0.2) is 9.37 Å². The van der Waals surface area contributed by atoms with Gasteiger partial charge in [0.15, 0.2) is 0 Å². The van der Waals surface area contributed by atoms with Crippen molar-refractivity contribution < 1.29 is 18.8 Å². The van der Waals surface area contributed by atoms with Crippen molar-refractivity contribution in [1.82, 2.24) is 24.1 Å². The summed E-state index contributed by atoms with van der Waals surface area (Å²) in [7, 11) is 1.52. The molecule has 3 heterocycles. The van der Waals surface area contributed by atoms with E-state index in [1.807, 2.05) is 0 Å². The van der Waals surface area contributed by atoms with Crippen molar-refractivity contribution >= 4 is 16.6 Å². The number of methoxy groups -OCH3 is 1. The molecule has 0 saturated heterocycles. The molecule has 1 aromatic carbocycles. The van der Waals surface area contributed by atoms with Crippen LogP contribution in [0.4, 0.5) is 4.39 Å². The van der Waals surface area contributed by atoms with Crippen molar-refractivity contribution in [2.24, 2.45) is 0 Å². The minimum atomic E-state index is -0.817. The molecule has 0 aliphatic rings. The van der Waals surface area contributed by atoms with Gasteiger partial charge < -0.3 is 14.4 Å². The third-order valence-electron chi connectivity index (χ3n) is 5.02. The molecule has 1 atom stereocenters. The average molecular weight is 401 g/mol. The summed E-state index contributed by atoms with van der Waals surface area (Å²) in [5.41, 5.74) is -0.464. The zero-order valence-electron chi connectivity index (χ0n) is 16.4. The molecule has 4 rings (SSSR count). The first kappa shape index (κ1) is 19.2. The van der Waals surface area contributed by atoms with Gasteiger partial charge in [0.2, 0.25) is 5.82 Å². The Morgan fingerprint density at radius 2 is 2.10 bits per heavy atom. The number of nitrogens with zero attached hydrogens (tertiary/aromatic N) is 5. The number of imidazole rings is 1. The number of aliphatic hydroxyl groups excluding tert-OH is 1. The lowest BCUT2D eigenvalue weighted by atomic mass is 10.1. The van der Waals surface area contributed by atoms with Crippen LogP contribution in [0.25, 0.3) is 28.1 Å². The molecule has 0 spiro atoms. The van der Waals surface area contributed by atoms with E-state index in [1.54, 1.807) is 32.9 Å². The van der Waals surface area contributed by atoms with E-state index in [4.69, 9.17) is 9.26 Å². The molecule has 29 heavy (non-hydrogen) atoms. The number of ether oxygens (including phenoxy) is 1. The zero-order chi connectivity index (χ0) is 20.9. The number of para-hydroxylation sites is 1. The summed E-state index contributed by atoms with van der Waals surface area (Å²) in [4.78, 5) is 21.9. The van der Waals surface area contributed by atoms with E-state index in [0.29, 0.717) is 5.52 Å². The average Bonchev–Trinajstić information content (AvgIpc) is 3.36. The predicted molar refractivity (Wildman–Crippen MR) is 102 cm³/mol. The standard InChI is InChI=1S/C19H20FN5O4/c1-10(8-26)25-14-11(20)6-5-7-12(14)24-9-21-13(15(24)17(25)27)16-22-18(29-23-16)19(2,3)28-4/h5-7,9-10,26H,8H2,1-4H3. The first-order chi connectivity index (χ1) is 13.8. The molecule has 0 fully saturated rings. The fraction of sp³-hybridized carbons (Fsp3) is 0.368. The number of hydrogen-bond acceptors (Lipinski definition) is 7. The van der Waals surface area contributed by atoms with Crippen molar-refractivity contribution in [3.8, 4) is 11.5 Å². The Labute approximate surface area is 164 Å². The van der Waals surface area contributed by atoms with Gasteiger partial charge in [0.1, 0.15) is 34.5 Å². The number of halogens is 1. The SMILES string of the molecule is COC(C)(C)c1nc(-c2ncn3c2c(=O)n(C(C)CO)c2c(F)cccc23)no1. The second-order valence-electron chi connectivity index (χ2n) is 7.26. The van der Waals surface area contributed by atoms with Gasteiger partial charge in [-0.05, 0) is 32.9 Å². The molecular weight excluding hydrogens is 381 g/mol. The molecule has 0 aliphatic carbocycles. The Morgan fingerprint density at radius 3 is 2.79 bits per heavy atom. The van der Waals surface area contributed by atoms with Gasteiger partial charge in [0.25, 0.3) is 11.4 Å². The molecule has 152 valence electrons. The summed E-state index contributed by atoms with van der Waals surface area (Å²) in [5.74, 6) is -0.226. The molecule has 1 N–H and O–H groups in total. The van der Waals surface area contributed by atoms with Crippen molar-refractivity contribution in [3.05, 3.63) is 46.6 Å². The van der Waals surface area contributed by atoms with E-state index in [9.17, 15) is 14.3 Å². The van der Waals surface area contributed by atoms with Crippen molar-refractivity contribution in [1.29, 1.82) is 0 Å². The van der Waals surface area contributed by atoms with E-state index >= 15 is 0 Å². The highest BCUT2D eigenvalue weighted by atomic mass is 19.1. The molecule has 3 aromatic heterocycles. The maximum Gasteiger partial charge on any atom is 0.278 e. The molecular formula is C19H20FN5O4. The van der Waals surface area contributed by atoms with E-state index < -0.39 is 23.0 Å². The van der Waals surface area contributed by atoms with E-state index in [0.717, 1.165) is 0 Å². The molecule has 0 bridgehead atoms. The highest BCUT2D eigenvalue weighted by molar-refractivity contribution is 5.84. The normalized spacial score (nSPS) is 13.4. The second-order valence-corrected chi connectivity index (χ2v) is 7.26. The van der Waals surface area contributed by atoms with Crippen LogP contribution in [0.3, 0.4) is 0 Å². The third kappa shape index (κ3) is 2.83. The highest BCUT2D eigenvalue weighted by Crippen LogP contribution is 2.28. The van der Waals surface area contributed by atoms with Crippen LogP contribution in [0.2, 0.25) is 0 Å². The predicted octanol–water partition coefficient (Wildman–Crippen LogP) is 2.27. The summed E-state index contributed by atoms with van der Waals surface area (Å²) in [6.07, 6.45) is 1.42. The van der Waals surface area contributed by atoms with Crippen molar-refractivity contribution in [2.45, 2.75) is 32.4 Å². The summed E-state index contributed by atoms with van der Waals surface area (Å²) in [5, 5.41) is 13.6. The van der Waals surface area contributed by atoms with Crippen LogP contribution in [0.5, 0.6) is 0 Å². The first-order valence-corrected chi connectivity index (χ1v) is 9.00. The van der Waals surface area contributed by atoms with Gasteiger partial charge in [-0.1, -0.05) is 11.2 Å². The third-order valence-corrected chi connectivity index (χ3v) is 5.02. The molecule has 1 unspecified atom stereocenters. The van der Waals surface area contributed by atoms with Gasteiger partial charge in [-0.2, -0.15) is 4.98 Å². The number of aliphatic hydroxyl groups is 1. The topological polar surface area (TPSA) is 108 Å². The first-order valence-electron chi connectivity index (χ1n) is 9.00. The Kier molecular flexibility index (Phi) is 4.47. The van der Waals surface area contributed by atoms with Gasteiger partial charge >= 0.3 is 0 Å². The van der Waals surface area contributed by atoms with Crippen LogP contribution in [-0.2, 0) is 10.3 Å². The Balaban J connectivity index is 2.06. The van der Waals surface area contributed by atoms with Crippen LogP contribution in [0, 0.1) is 5.82 Å². The van der Waals surface area contributed by atoms with Crippen molar-refractivity contribution in [3.63, 3.8) is 0 Å². The molecule has 4 aromatic rings. The molecule has 0 aliphatic heterocycles. The van der Waals surface area contributed by atoms with Gasteiger partial charge in [-0.15, -0.1) is 0 Å². The lowest BCUT2D eigenvalue weighted by molar-refractivity contribution is -0.00786. The second kappa shape index (κ2) is 6.75. The Bertz CT molecular complexity index is 1270. The minimum Gasteiger partial charge on any atom is -0.394 e. The van der Waals surface area contributed by atoms with Crippen LogP contribution in [-0.4, -0.2) is 42.9 Å². The fourth-order valence-corrected chi connectivity index (χ4v) is 3.21. The summed E-state index contributed by atoms with van der Waals surface area (Å²) < 4.78 is 28.0. The maximum absolute atomic E-state index is 14.6. The molecule has 10 heteroatoms. The smallest absolute Gasteiger partial charge is 0.278 e. The molecule has 0 saturated carbocycles. The van der Waals surface area contributed by atoms with Crippen LogP contribution >= 0.6 is 0 Å². The molecule has 0 amide bonds. The number of rotatable bonds is 5. The number of benzene rings is 1. The monoisotopic (exact) mass is 401 g/mol. The van der Waals surface area contributed by atoms with E-state index in [1.165, 1.54) is 28.5 Å². The minimum absolute atomic E-state index is 0.0878. The largest absolute Gasteiger partial charge is 0.394 e. The van der Waals surface area contributed by atoms with Gasteiger partial charge in [-0.3, -0.25) is 13.8 Å². The summed E-state index contributed by atoms with van der Waals surface area (Å²) >= 11 is 0.